The van der Waals surface area contributed by atoms with Gasteiger partial charge in [-0.3, -0.25) is 9.69 Å². The van der Waals surface area contributed by atoms with Gasteiger partial charge >= 0.3 is 0 Å². The van der Waals surface area contributed by atoms with Crippen molar-refractivity contribution in [3.63, 3.8) is 0 Å². The summed E-state index contributed by atoms with van der Waals surface area (Å²) in [6, 6.07) is 0.574. The molecule has 24 heavy (non-hydrogen) atoms. The molecule has 0 aliphatic carbocycles. The monoisotopic (exact) mass is 455 g/mol. The Labute approximate surface area is 163 Å². The van der Waals surface area contributed by atoms with Gasteiger partial charge in [-0.2, -0.15) is 0 Å². The van der Waals surface area contributed by atoms with Crippen molar-refractivity contribution in [1.29, 1.82) is 0 Å². The van der Waals surface area contributed by atoms with Crippen molar-refractivity contribution >= 4 is 35.8 Å². The van der Waals surface area contributed by atoms with Gasteiger partial charge in [0, 0.05) is 39.3 Å². The highest BCUT2D eigenvalue weighted by atomic mass is 127. The molecule has 0 spiro atoms. The normalized spacial score (nSPS) is 17.8. The molecule has 0 aromatic rings. The summed E-state index contributed by atoms with van der Waals surface area (Å²) < 4.78 is 4.92. The average Bonchev–Trinajstić information content (AvgIpc) is 3.02. The molecule has 0 aromatic carbocycles. The molecule has 0 aromatic heterocycles. The van der Waals surface area contributed by atoms with Gasteiger partial charge in [0.25, 0.3) is 0 Å². The standard InChI is InChI=1S/C16H33N5O2.HI/c1-5-17-16(19-12-15(22)18-9-11-23-4)21-10-8-14(13-21)20(6-2)7-3;/h14H,5-13H2,1-4H3,(H,17,19)(H,18,22);1H. The van der Waals surface area contributed by atoms with Crippen molar-refractivity contribution < 1.29 is 9.53 Å². The summed E-state index contributed by atoms with van der Waals surface area (Å²) in [5.41, 5.74) is 0. The lowest BCUT2D eigenvalue weighted by molar-refractivity contribution is -0.119. The van der Waals surface area contributed by atoms with Crippen LogP contribution in [0.15, 0.2) is 4.99 Å². The minimum Gasteiger partial charge on any atom is -0.383 e. The number of nitrogens with zero attached hydrogens (tertiary/aromatic N) is 3. The van der Waals surface area contributed by atoms with E-state index in [1.165, 1.54) is 0 Å². The Morgan fingerprint density at radius 2 is 2.00 bits per heavy atom. The topological polar surface area (TPSA) is 69.2 Å². The molecule has 1 heterocycles. The number of amides is 1. The Morgan fingerprint density at radius 3 is 2.58 bits per heavy atom. The number of halogens is 1. The predicted molar refractivity (Wildman–Crippen MR) is 109 cm³/mol. The molecule has 1 unspecified atom stereocenters. The molecule has 142 valence electrons. The van der Waals surface area contributed by atoms with E-state index in [4.69, 9.17) is 4.74 Å². The molecule has 2 N–H and O–H groups in total. The first-order valence-electron chi connectivity index (χ1n) is 8.69. The van der Waals surface area contributed by atoms with Gasteiger partial charge in [0.2, 0.25) is 5.91 Å². The highest BCUT2D eigenvalue weighted by Gasteiger charge is 2.28. The molecule has 1 aliphatic rings. The Balaban J connectivity index is 0.00000529. The molecule has 1 atom stereocenters. The van der Waals surface area contributed by atoms with Crippen molar-refractivity contribution in [3.8, 4) is 0 Å². The molecule has 0 bridgehead atoms. The van der Waals surface area contributed by atoms with Crippen LogP contribution in [0, 0.1) is 0 Å². The van der Waals surface area contributed by atoms with Gasteiger partial charge in [-0.1, -0.05) is 13.8 Å². The molecule has 0 radical (unpaired) electrons. The average molecular weight is 455 g/mol. The smallest absolute Gasteiger partial charge is 0.241 e. The van der Waals surface area contributed by atoms with Crippen LogP contribution in [0.25, 0.3) is 0 Å². The van der Waals surface area contributed by atoms with Gasteiger partial charge in [0.05, 0.1) is 6.61 Å². The molecular formula is C16H34IN5O2. The van der Waals surface area contributed by atoms with E-state index in [9.17, 15) is 4.79 Å². The summed E-state index contributed by atoms with van der Waals surface area (Å²) in [5, 5.41) is 6.09. The second-order valence-electron chi connectivity index (χ2n) is 5.62. The van der Waals surface area contributed by atoms with Crippen LogP contribution in [0.1, 0.15) is 27.2 Å². The third kappa shape index (κ3) is 7.98. The number of rotatable bonds is 9. The number of guanidine groups is 1. The number of likely N-dealkylation sites (N-methyl/N-ethyl adjacent to an activating group) is 1. The number of hydrogen-bond acceptors (Lipinski definition) is 4. The van der Waals surface area contributed by atoms with Crippen LogP contribution in [-0.4, -0.2) is 87.2 Å². The summed E-state index contributed by atoms with van der Waals surface area (Å²) in [5.74, 6) is 0.765. The van der Waals surface area contributed by atoms with Crippen molar-refractivity contribution in [1.82, 2.24) is 20.4 Å². The van der Waals surface area contributed by atoms with E-state index >= 15 is 0 Å². The van der Waals surface area contributed by atoms with E-state index < -0.39 is 0 Å². The minimum atomic E-state index is -0.0723. The summed E-state index contributed by atoms with van der Waals surface area (Å²) in [4.78, 5) is 21.0. The molecule has 1 aliphatic heterocycles. The van der Waals surface area contributed by atoms with E-state index in [1.807, 2.05) is 6.92 Å². The zero-order valence-corrected chi connectivity index (χ0v) is 17.8. The Hall–Kier alpha value is -0.610. The van der Waals surface area contributed by atoms with Crippen molar-refractivity contribution in [2.75, 3.05) is 59.5 Å². The number of methoxy groups -OCH3 is 1. The van der Waals surface area contributed by atoms with Crippen molar-refractivity contribution in [2.45, 2.75) is 33.2 Å². The highest BCUT2D eigenvalue weighted by molar-refractivity contribution is 14.0. The molecular weight excluding hydrogens is 421 g/mol. The zero-order chi connectivity index (χ0) is 17.1. The number of ether oxygens (including phenoxy) is 1. The number of carbonyl (C=O) groups excluding carboxylic acids is 1. The first kappa shape index (κ1) is 23.4. The van der Waals surface area contributed by atoms with Gasteiger partial charge in [0.1, 0.15) is 6.54 Å². The van der Waals surface area contributed by atoms with E-state index in [-0.39, 0.29) is 36.4 Å². The van der Waals surface area contributed by atoms with Gasteiger partial charge in [-0.25, -0.2) is 4.99 Å². The van der Waals surface area contributed by atoms with Crippen molar-refractivity contribution in [2.24, 2.45) is 4.99 Å². The summed E-state index contributed by atoms with van der Waals surface area (Å²) >= 11 is 0. The lowest BCUT2D eigenvalue weighted by atomic mass is 10.2. The SMILES string of the molecule is CCNC(=NCC(=O)NCCOC)N1CCC(N(CC)CC)C1.I. The molecule has 1 fully saturated rings. The molecule has 7 nitrogen and oxygen atoms in total. The summed E-state index contributed by atoms with van der Waals surface area (Å²) in [7, 11) is 1.62. The Bertz CT molecular complexity index is 377. The fourth-order valence-corrected chi connectivity index (χ4v) is 2.89. The quantitative estimate of drug-likeness (QED) is 0.233. The van der Waals surface area contributed by atoms with Crippen molar-refractivity contribution in [3.05, 3.63) is 0 Å². The maximum absolute atomic E-state index is 11.8. The van der Waals surface area contributed by atoms with Crippen LogP contribution in [0.3, 0.4) is 0 Å². The maximum atomic E-state index is 11.8. The van der Waals surface area contributed by atoms with E-state index in [0.717, 1.165) is 45.1 Å². The van der Waals surface area contributed by atoms with Crippen LogP contribution in [0.5, 0.6) is 0 Å². The van der Waals surface area contributed by atoms with Crippen LogP contribution >= 0.6 is 24.0 Å². The molecule has 1 saturated heterocycles. The highest BCUT2D eigenvalue weighted by Crippen LogP contribution is 2.15. The predicted octanol–water partition coefficient (Wildman–Crippen LogP) is 0.749. The number of nitrogens with one attached hydrogen (secondary N) is 2. The fourth-order valence-electron chi connectivity index (χ4n) is 2.89. The van der Waals surface area contributed by atoms with E-state index in [2.05, 4.69) is 39.3 Å². The zero-order valence-electron chi connectivity index (χ0n) is 15.5. The van der Waals surface area contributed by atoms with Crippen LogP contribution in [0.2, 0.25) is 0 Å². The number of hydrogen-bond donors (Lipinski definition) is 2. The Morgan fingerprint density at radius 1 is 1.29 bits per heavy atom. The van der Waals surface area contributed by atoms with Gasteiger partial charge in [-0.15, -0.1) is 24.0 Å². The van der Waals surface area contributed by atoms with Crippen LogP contribution in [0.4, 0.5) is 0 Å². The maximum Gasteiger partial charge on any atom is 0.241 e. The third-order valence-electron chi connectivity index (χ3n) is 4.13. The fraction of sp³-hybridized carbons (Fsp3) is 0.875. The largest absolute Gasteiger partial charge is 0.383 e. The summed E-state index contributed by atoms with van der Waals surface area (Å²) in [6.45, 7) is 12.6. The molecule has 8 heteroatoms. The minimum absolute atomic E-state index is 0. The first-order valence-corrected chi connectivity index (χ1v) is 8.69. The molecule has 1 amide bonds. The lowest BCUT2D eigenvalue weighted by Crippen LogP contribution is -2.43. The molecule has 1 rings (SSSR count). The van der Waals surface area contributed by atoms with Gasteiger partial charge < -0.3 is 20.3 Å². The number of carbonyl (C=O) groups is 1. The first-order chi connectivity index (χ1) is 11.2. The van der Waals surface area contributed by atoms with Gasteiger partial charge in [-0.05, 0) is 26.4 Å². The lowest BCUT2D eigenvalue weighted by Gasteiger charge is -2.27. The second-order valence-corrected chi connectivity index (χ2v) is 5.62. The van der Waals surface area contributed by atoms with E-state index in [0.29, 0.717) is 19.2 Å². The third-order valence-corrected chi connectivity index (χ3v) is 4.13. The van der Waals surface area contributed by atoms with Crippen LogP contribution in [-0.2, 0) is 9.53 Å². The number of aliphatic imine (C=N–C) groups is 1. The Kier molecular flexibility index (Phi) is 13.3. The summed E-state index contributed by atoms with van der Waals surface area (Å²) in [6.07, 6.45) is 1.14. The van der Waals surface area contributed by atoms with Gasteiger partial charge in [0.15, 0.2) is 5.96 Å². The second kappa shape index (κ2) is 13.7. The number of likely N-dealkylation sites (tertiary alicyclic amines) is 1. The van der Waals surface area contributed by atoms with Crippen LogP contribution < -0.4 is 10.6 Å². The molecule has 0 saturated carbocycles. The van der Waals surface area contributed by atoms with E-state index in [1.54, 1.807) is 7.11 Å².